The van der Waals surface area contributed by atoms with Gasteiger partial charge < -0.3 is 9.47 Å². The zero-order chi connectivity index (χ0) is 23.7. The van der Waals surface area contributed by atoms with Gasteiger partial charge in [0.15, 0.2) is 23.2 Å². The summed E-state index contributed by atoms with van der Waals surface area (Å²) in [6.07, 6.45) is 4.87. The zero-order valence-corrected chi connectivity index (χ0v) is 18.9. The van der Waals surface area contributed by atoms with E-state index >= 15 is 4.39 Å². The molecule has 0 N–H and O–H groups in total. The molecule has 5 rings (SSSR count). The predicted molar refractivity (Wildman–Crippen MR) is 127 cm³/mol. The lowest BCUT2D eigenvalue weighted by atomic mass is 9.78. The molecule has 1 saturated heterocycles. The van der Waals surface area contributed by atoms with Crippen LogP contribution in [0.1, 0.15) is 54.4 Å². The fraction of sp³-hybridized carbons (Fsp3) is 0.310. The number of benzene rings is 3. The first-order valence-electron chi connectivity index (χ1n) is 11.8. The van der Waals surface area contributed by atoms with Crippen LogP contribution in [0.5, 0.6) is 5.75 Å². The van der Waals surface area contributed by atoms with E-state index in [-0.39, 0.29) is 35.1 Å². The van der Waals surface area contributed by atoms with E-state index in [2.05, 4.69) is 6.58 Å². The Morgan fingerprint density at radius 1 is 0.912 bits per heavy atom. The Balaban J connectivity index is 1.19. The summed E-state index contributed by atoms with van der Waals surface area (Å²) in [6, 6.07) is 15.6. The second kappa shape index (κ2) is 9.67. The first-order chi connectivity index (χ1) is 16.5. The summed E-state index contributed by atoms with van der Waals surface area (Å²) in [5.74, 6) is -1.46. The van der Waals surface area contributed by atoms with Crippen LogP contribution < -0.4 is 4.74 Å². The van der Waals surface area contributed by atoms with Gasteiger partial charge in [-0.2, -0.15) is 0 Å². The molecule has 2 nitrogen and oxygen atoms in total. The maximum atomic E-state index is 15.0. The molecule has 1 aliphatic heterocycles. The van der Waals surface area contributed by atoms with Crippen LogP contribution >= 0.6 is 0 Å². The number of rotatable bonds is 7. The normalized spacial score (nSPS) is 21.8. The van der Waals surface area contributed by atoms with Crippen molar-refractivity contribution in [1.29, 1.82) is 0 Å². The van der Waals surface area contributed by atoms with Crippen molar-refractivity contribution in [3.63, 3.8) is 0 Å². The number of ether oxygens (including phenoxy) is 2. The zero-order valence-electron chi connectivity index (χ0n) is 18.9. The highest BCUT2D eigenvalue weighted by molar-refractivity contribution is 5.66. The maximum Gasteiger partial charge on any atom is 0.166 e. The van der Waals surface area contributed by atoms with Gasteiger partial charge >= 0.3 is 0 Å². The summed E-state index contributed by atoms with van der Waals surface area (Å²) in [5, 5.41) is 0. The van der Waals surface area contributed by atoms with Gasteiger partial charge in [0.2, 0.25) is 0 Å². The molecule has 0 spiro atoms. The average Bonchev–Trinajstić information content (AvgIpc) is 3.71. The quantitative estimate of drug-likeness (QED) is 0.332. The largest absolute Gasteiger partial charge is 0.490 e. The average molecular weight is 465 g/mol. The molecule has 2 aliphatic rings. The SMILES string of the molecule is C=Cc1ccc(-c2ccc(C3CCC(COc4ccc(C5CO5)cc4F)CC3)c(F)c2F)cc1. The fourth-order valence-corrected chi connectivity index (χ4v) is 4.82. The second-order valence-corrected chi connectivity index (χ2v) is 9.20. The molecule has 0 radical (unpaired) electrons. The van der Waals surface area contributed by atoms with Gasteiger partial charge in [0.25, 0.3) is 0 Å². The number of hydrogen-bond acceptors (Lipinski definition) is 2. The van der Waals surface area contributed by atoms with E-state index in [1.165, 1.54) is 6.07 Å². The van der Waals surface area contributed by atoms with Crippen molar-refractivity contribution >= 4 is 6.08 Å². The van der Waals surface area contributed by atoms with Crippen molar-refractivity contribution in [3.05, 3.63) is 95.3 Å². The summed E-state index contributed by atoms with van der Waals surface area (Å²) in [5.41, 5.74) is 3.10. The summed E-state index contributed by atoms with van der Waals surface area (Å²) in [7, 11) is 0. The molecule has 0 aromatic heterocycles. The van der Waals surface area contributed by atoms with E-state index in [0.29, 0.717) is 24.3 Å². The van der Waals surface area contributed by atoms with Crippen LogP contribution in [0.15, 0.2) is 61.2 Å². The summed E-state index contributed by atoms with van der Waals surface area (Å²) < 4.78 is 55.2. The minimum absolute atomic E-state index is 0.0101. The van der Waals surface area contributed by atoms with E-state index in [0.717, 1.165) is 36.8 Å². The highest BCUT2D eigenvalue weighted by Crippen LogP contribution is 2.39. The lowest BCUT2D eigenvalue weighted by Gasteiger charge is -2.29. The fourth-order valence-electron chi connectivity index (χ4n) is 4.82. The smallest absolute Gasteiger partial charge is 0.166 e. The molecule has 1 atom stereocenters. The Labute approximate surface area is 198 Å². The van der Waals surface area contributed by atoms with Crippen molar-refractivity contribution in [2.24, 2.45) is 5.92 Å². The van der Waals surface area contributed by atoms with E-state index in [9.17, 15) is 8.78 Å². The van der Waals surface area contributed by atoms with Gasteiger partial charge in [0.05, 0.1) is 13.2 Å². The van der Waals surface area contributed by atoms with Crippen LogP contribution in [0.25, 0.3) is 17.2 Å². The lowest BCUT2D eigenvalue weighted by molar-refractivity contribution is 0.193. The van der Waals surface area contributed by atoms with E-state index in [4.69, 9.17) is 9.47 Å². The maximum absolute atomic E-state index is 15.0. The van der Waals surface area contributed by atoms with Crippen LogP contribution in [-0.2, 0) is 4.74 Å². The molecule has 5 heteroatoms. The van der Waals surface area contributed by atoms with E-state index in [1.54, 1.807) is 36.4 Å². The molecule has 34 heavy (non-hydrogen) atoms. The third-order valence-corrected chi connectivity index (χ3v) is 6.99. The molecule has 0 amide bonds. The second-order valence-electron chi connectivity index (χ2n) is 9.20. The highest BCUT2D eigenvalue weighted by atomic mass is 19.2. The van der Waals surface area contributed by atoms with Crippen LogP contribution in [0.3, 0.4) is 0 Å². The minimum atomic E-state index is -0.801. The number of hydrogen-bond donors (Lipinski definition) is 0. The Kier molecular flexibility index (Phi) is 6.46. The number of epoxide rings is 1. The van der Waals surface area contributed by atoms with Gasteiger partial charge in [-0.15, -0.1) is 0 Å². The van der Waals surface area contributed by atoms with Crippen molar-refractivity contribution < 1.29 is 22.6 Å². The van der Waals surface area contributed by atoms with Gasteiger partial charge in [-0.3, -0.25) is 0 Å². The monoisotopic (exact) mass is 464 g/mol. The van der Waals surface area contributed by atoms with Crippen LogP contribution in [0, 0.1) is 23.4 Å². The van der Waals surface area contributed by atoms with Crippen molar-refractivity contribution in [2.45, 2.75) is 37.7 Å². The van der Waals surface area contributed by atoms with Crippen LogP contribution in [0.2, 0.25) is 0 Å². The molecule has 1 saturated carbocycles. The summed E-state index contributed by atoms with van der Waals surface area (Å²) >= 11 is 0. The minimum Gasteiger partial charge on any atom is -0.490 e. The topological polar surface area (TPSA) is 21.8 Å². The van der Waals surface area contributed by atoms with Gasteiger partial charge in [-0.25, -0.2) is 13.2 Å². The van der Waals surface area contributed by atoms with Gasteiger partial charge in [0.1, 0.15) is 6.10 Å². The Morgan fingerprint density at radius 3 is 2.29 bits per heavy atom. The molecule has 0 bridgehead atoms. The van der Waals surface area contributed by atoms with E-state index in [1.807, 2.05) is 18.2 Å². The highest BCUT2D eigenvalue weighted by Gasteiger charge is 2.28. The van der Waals surface area contributed by atoms with Gasteiger partial charge in [-0.1, -0.05) is 55.1 Å². The molecule has 3 aromatic carbocycles. The first kappa shape index (κ1) is 22.7. The van der Waals surface area contributed by atoms with Crippen molar-refractivity contribution in [3.8, 4) is 16.9 Å². The molecule has 1 aliphatic carbocycles. The molecule has 2 fully saturated rings. The van der Waals surface area contributed by atoms with Gasteiger partial charge in [-0.05, 0) is 71.9 Å². The number of halogens is 3. The Bertz CT molecular complexity index is 1180. The molecule has 1 heterocycles. The third kappa shape index (κ3) is 4.76. The van der Waals surface area contributed by atoms with E-state index < -0.39 is 11.6 Å². The predicted octanol–water partition coefficient (Wildman–Crippen LogP) is 7.84. The molecular weight excluding hydrogens is 437 g/mol. The standard InChI is InChI=1S/C29H27F3O2/c1-2-18-3-7-20(8-4-18)23-12-13-24(29(32)28(23)31)21-9-5-19(6-10-21)16-33-26-14-11-22(15-25(26)30)27-17-34-27/h2-4,7-8,11-15,19,21,27H,1,5-6,9-10,16-17H2. The van der Waals surface area contributed by atoms with Crippen molar-refractivity contribution in [2.75, 3.05) is 13.2 Å². The lowest BCUT2D eigenvalue weighted by Crippen LogP contribution is -2.20. The summed E-state index contributed by atoms with van der Waals surface area (Å²) in [4.78, 5) is 0. The summed E-state index contributed by atoms with van der Waals surface area (Å²) in [6.45, 7) is 4.77. The molecule has 1 unspecified atom stereocenters. The van der Waals surface area contributed by atoms with Crippen LogP contribution in [-0.4, -0.2) is 13.2 Å². The van der Waals surface area contributed by atoms with Crippen LogP contribution in [0.4, 0.5) is 13.2 Å². The van der Waals surface area contributed by atoms with Gasteiger partial charge in [0, 0.05) is 5.56 Å². The Hall–Kier alpha value is -3.05. The van der Waals surface area contributed by atoms with Crippen molar-refractivity contribution in [1.82, 2.24) is 0 Å². The third-order valence-electron chi connectivity index (χ3n) is 6.99. The molecule has 3 aromatic rings. The molecular formula is C29H27F3O2. The Morgan fingerprint density at radius 2 is 1.65 bits per heavy atom. The first-order valence-corrected chi connectivity index (χ1v) is 11.8. The molecule has 176 valence electrons.